The van der Waals surface area contributed by atoms with Gasteiger partial charge in [-0.15, -0.1) is 11.3 Å². The van der Waals surface area contributed by atoms with E-state index in [-0.39, 0.29) is 0 Å². The second-order valence-electron chi connectivity index (χ2n) is 3.39. The summed E-state index contributed by atoms with van der Waals surface area (Å²) in [6.07, 6.45) is 2.19. The fraction of sp³-hybridized carbons (Fsp3) is 0.727. The second kappa shape index (κ2) is 7.79. The molecule has 0 spiro atoms. The van der Waals surface area contributed by atoms with Crippen molar-refractivity contribution < 1.29 is 4.74 Å². The van der Waals surface area contributed by atoms with E-state index in [4.69, 9.17) is 4.74 Å². The quantitative estimate of drug-likeness (QED) is 0.693. The van der Waals surface area contributed by atoms with Crippen LogP contribution < -0.4 is 5.32 Å². The molecule has 0 amide bonds. The number of hydrogen-bond donors (Lipinski definition) is 1. The van der Waals surface area contributed by atoms with E-state index in [2.05, 4.69) is 29.5 Å². The number of thiazole rings is 1. The van der Waals surface area contributed by atoms with Crippen LogP contribution in [0.1, 0.15) is 31.0 Å². The van der Waals surface area contributed by atoms with Crippen molar-refractivity contribution in [3.05, 3.63) is 16.1 Å². The lowest BCUT2D eigenvalue weighted by Gasteiger charge is -2.03. The lowest BCUT2D eigenvalue weighted by Crippen LogP contribution is -2.20. The van der Waals surface area contributed by atoms with Gasteiger partial charge in [0.15, 0.2) is 0 Å². The van der Waals surface area contributed by atoms with Crippen molar-refractivity contribution in [3.8, 4) is 0 Å². The zero-order chi connectivity index (χ0) is 10.9. The number of nitrogens with zero attached hydrogens (tertiary/aromatic N) is 1. The van der Waals surface area contributed by atoms with Crippen LogP contribution in [-0.2, 0) is 17.8 Å². The average molecular weight is 228 g/mol. The van der Waals surface area contributed by atoms with E-state index in [1.54, 1.807) is 11.3 Å². The molecule has 86 valence electrons. The molecule has 1 heterocycles. The van der Waals surface area contributed by atoms with Crippen molar-refractivity contribution in [1.82, 2.24) is 10.3 Å². The minimum Gasteiger partial charge on any atom is -0.374 e. The van der Waals surface area contributed by atoms with Gasteiger partial charge in [-0.25, -0.2) is 4.98 Å². The standard InChI is InChI=1S/C11H20N2OS/c1-3-5-12-6-7-14-8-10-9-15-11(4-2)13-10/h9,12H,3-8H2,1-2H3. The van der Waals surface area contributed by atoms with E-state index in [0.717, 1.165) is 31.8 Å². The fourth-order valence-electron chi connectivity index (χ4n) is 1.20. The van der Waals surface area contributed by atoms with E-state index in [0.29, 0.717) is 6.61 Å². The summed E-state index contributed by atoms with van der Waals surface area (Å²) in [7, 11) is 0. The minimum absolute atomic E-state index is 0.643. The summed E-state index contributed by atoms with van der Waals surface area (Å²) in [5.74, 6) is 0. The van der Waals surface area contributed by atoms with Crippen molar-refractivity contribution in [1.29, 1.82) is 0 Å². The van der Waals surface area contributed by atoms with Crippen LogP contribution in [0.2, 0.25) is 0 Å². The molecule has 0 radical (unpaired) electrons. The Morgan fingerprint density at radius 3 is 2.93 bits per heavy atom. The number of rotatable bonds is 8. The van der Waals surface area contributed by atoms with Crippen LogP contribution in [0.25, 0.3) is 0 Å². The topological polar surface area (TPSA) is 34.1 Å². The molecule has 0 aromatic carbocycles. The highest BCUT2D eigenvalue weighted by molar-refractivity contribution is 7.09. The highest BCUT2D eigenvalue weighted by Crippen LogP contribution is 2.10. The van der Waals surface area contributed by atoms with Gasteiger partial charge in [0.25, 0.3) is 0 Å². The van der Waals surface area contributed by atoms with Gasteiger partial charge < -0.3 is 10.1 Å². The monoisotopic (exact) mass is 228 g/mol. The summed E-state index contributed by atoms with van der Waals surface area (Å²) in [5, 5.41) is 6.57. The first-order valence-electron chi connectivity index (χ1n) is 5.58. The Morgan fingerprint density at radius 1 is 1.40 bits per heavy atom. The molecule has 15 heavy (non-hydrogen) atoms. The third kappa shape index (κ3) is 5.25. The molecule has 0 aliphatic rings. The second-order valence-corrected chi connectivity index (χ2v) is 4.33. The van der Waals surface area contributed by atoms with Gasteiger partial charge in [0, 0.05) is 11.9 Å². The van der Waals surface area contributed by atoms with Crippen LogP contribution in [0.4, 0.5) is 0 Å². The Kier molecular flexibility index (Phi) is 6.55. The molecular weight excluding hydrogens is 208 g/mol. The van der Waals surface area contributed by atoms with Gasteiger partial charge in [-0.2, -0.15) is 0 Å². The van der Waals surface area contributed by atoms with E-state index < -0.39 is 0 Å². The Bertz CT molecular complexity index is 263. The predicted octanol–water partition coefficient (Wildman–Crippen LogP) is 2.22. The smallest absolute Gasteiger partial charge is 0.0926 e. The molecule has 1 aromatic rings. The van der Waals surface area contributed by atoms with Crippen molar-refractivity contribution in [2.45, 2.75) is 33.3 Å². The van der Waals surface area contributed by atoms with Crippen LogP contribution in [0.15, 0.2) is 5.38 Å². The molecular formula is C11H20N2OS. The molecule has 0 aliphatic carbocycles. The van der Waals surface area contributed by atoms with Gasteiger partial charge in [-0.05, 0) is 19.4 Å². The van der Waals surface area contributed by atoms with Gasteiger partial charge in [0.1, 0.15) is 0 Å². The van der Waals surface area contributed by atoms with E-state index >= 15 is 0 Å². The number of aromatic nitrogens is 1. The summed E-state index contributed by atoms with van der Waals surface area (Å²) in [4.78, 5) is 4.44. The van der Waals surface area contributed by atoms with Crippen molar-refractivity contribution in [3.63, 3.8) is 0 Å². The predicted molar refractivity (Wildman–Crippen MR) is 64.3 cm³/mol. The Balaban J connectivity index is 2.04. The lowest BCUT2D eigenvalue weighted by molar-refractivity contribution is 0.120. The van der Waals surface area contributed by atoms with Crippen LogP contribution in [0.3, 0.4) is 0 Å². The average Bonchev–Trinajstić information content (AvgIpc) is 2.71. The Morgan fingerprint density at radius 2 is 2.27 bits per heavy atom. The fourth-order valence-corrected chi connectivity index (χ4v) is 1.93. The van der Waals surface area contributed by atoms with E-state index in [9.17, 15) is 0 Å². The lowest BCUT2D eigenvalue weighted by atomic mass is 10.5. The van der Waals surface area contributed by atoms with Crippen LogP contribution in [-0.4, -0.2) is 24.7 Å². The van der Waals surface area contributed by atoms with Crippen LogP contribution >= 0.6 is 11.3 Å². The van der Waals surface area contributed by atoms with Gasteiger partial charge in [0.2, 0.25) is 0 Å². The van der Waals surface area contributed by atoms with Crippen molar-refractivity contribution >= 4 is 11.3 Å². The third-order valence-electron chi connectivity index (χ3n) is 2.00. The molecule has 0 fully saturated rings. The molecule has 4 heteroatoms. The van der Waals surface area contributed by atoms with Gasteiger partial charge >= 0.3 is 0 Å². The summed E-state index contributed by atoms with van der Waals surface area (Å²) in [6, 6.07) is 0. The van der Waals surface area contributed by atoms with E-state index in [1.807, 2.05) is 0 Å². The molecule has 0 aliphatic heterocycles. The van der Waals surface area contributed by atoms with Crippen molar-refractivity contribution in [2.24, 2.45) is 0 Å². The zero-order valence-electron chi connectivity index (χ0n) is 9.58. The molecule has 0 atom stereocenters. The first-order valence-corrected chi connectivity index (χ1v) is 6.46. The molecule has 1 rings (SSSR count). The molecule has 3 nitrogen and oxygen atoms in total. The maximum absolute atomic E-state index is 5.51. The molecule has 1 aromatic heterocycles. The molecule has 0 saturated carbocycles. The number of hydrogen-bond acceptors (Lipinski definition) is 4. The highest BCUT2D eigenvalue weighted by Gasteiger charge is 1.99. The first-order chi connectivity index (χ1) is 7.36. The number of ether oxygens (including phenoxy) is 1. The molecule has 1 N–H and O–H groups in total. The van der Waals surface area contributed by atoms with Gasteiger partial charge in [0.05, 0.1) is 23.9 Å². The van der Waals surface area contributed by atoms with Crippen LogP contribution in [0.5, 0.6) is 0 Å². The Hall–Kier alpha value is -0.450. The summed E-state index contributed by atoms with van der Waals surface area (Å²) in [6.45, 7) is 7.69. The summed E-state index contributed by atoms with van der Waals surface area (Å²) >= 11 is 1.71. The first kappa shape index (κ1) is 12.6. The third-order valence-corrected chi connectivity index (χ3v) is 3.04. The SMILES string of the molecule is CCCNCCOCc1csc(CC)n1. The maximum atomic E-state index is 5.51. The normalized spacial score (nSPS) is 10.8. The Labute approximate surface area is 95.9 Å². The minimum atomic E-state index is 0.643. The largest absolute Gasteiger partial charge is 0.374 e. The summed E-state index contributed by atoms with van der Waals surface area (Å²) in [5.41, 5.74) is 1.06. The van der Waals surface area contributed by atoms with Gasteiger partial charge in [-0.1, -0.05) is 13.8 Å². The molecule has 0 bridgehead atoms. The summed E-state index contributed by atoms with van der Waals surface area (Å²) < 4.78 is 5.51. The zero-order valence-corrected chi connectivity index (χ0v) is 10.4. The molecule has 0 unspecified atom stereocenters. The number of aryl methyl sites for hydroxylation is 1. The van der Waals surface area contributed by atoms with Crippen molar-refractivity contribution in [2.75, 3.05) is 19.7 Å². The molecule has 0 saturated heterocycles. The van der Waals surface area contributed by atoms with Crippen LogP contribution in [0, 0.1) is 0 Å². The highest BCUT2D eigenvalue weighted by atomic mass is 32.1. The van der Waals surface area contributed by atoms with Gasteiger partial charge in [-0.3, -0.25) is 0 Å². The van der Waals surface area contributed by atoms with E-state index in [1.165, 1.54) is 11.4 Å². The number of nitrogens with one attached hydrogen (secondary N) is 1. The maximum Gasteiger partial charge on any atom is 0.0926 e.